The summed E-state index contributed by atoms with van der Waals surface area (Å²) in [6.07, 6.45) is 7.75. The topological polar surface area (TPSA) is 40.5 Å². The Morgan fingerprint density at radius 1 is 1.23 bits per heavy atom. The van der Waals surface area contributed by atoms with Gasteiger partial charge >= 0.3 is 5.97 Å². The van der Waals surface area contributed by atoms with Crippen LogP contribution in [0.1, 0.15) is 44.1 Å². The second-order valence-corrected chi connectivity index (χ2v) is 7.11. The summed E-state index contributed by atoms with van der Waals surface area (Å²) in [4.78, 5) is 13.8. The van der Waals surface area contributed by atoms with E-state index in [1.165, 1.54) is 31.2 Å². The molecule has 22 heavy (non-hydrogen) atoms. The molecule has 120 valence electrons. The molecule has 1 aliphatic carbocycles. The van der Waals surface area contributed by atoms with Crippen LogP contribution in [0.15, 0.2) is 24.3 Å². The predicted molar refractivity (Wildman–Crippen MR) is 88.3 cm³/mol. The van der Waals surface area contributed by atoms with Gasteiger partial charge in [0.1, 0.15) is 6.04 Å². The van der Waals surface area contributed by atoms with Gasteiger partial charge in [0.05, 0.1) is 0 Å². The minimum atomic E-state index is -0.638. The number of nitrogens with zero attached hydrogens (tertiary/aromatic N) is 1. The van der Waals surface area contributed by atoms with E-state index < -0.39 is 5.97 Å². The first-order chi connectivity index (χ1) is 10.6. The molecule has 0 bridgehead atoms. The smallest absolute Gasteiger partial charge is 0.320 e. The van der Waals surface area contributed by atoms with E-state index in [1.807, 2.05) is 12.1 Å². The zero-order chi connectivity index (χ0) is 15.5. The first-order valence-corrected chi connectivity index (χ1v) is 8.76. The van der Waals surface area contributed by atoms with Gasteiger partial charge in [0.15, 0.2) is 0 Å². The zero-order valence-electron chi connectivity index (χ0n) is 12.9. The van der Waals surface area contributed by atoms with Gasteiger partial charge in [-0.3, -0.25) is 9.69 Å². The second-order valence-electron chi connectivity index (χ2n) is 6.67. The number of carbonyl (C=O) groups is 1. The molecule has 1 aromatic rings. The molecule has 0 aromatic heterocycles. The Bertz CT molecular complexity index is 516. The van der Waals surface area contributed by atoms with Crippen LogP contribution in [-0.2, 0) is 11.2 Å². The summed E-state index contributed by atoms with van der Waals surface area (Å²) in [5, 5.41) is 10.3. The number of hydrogen-bond donors (Lipinski definition) is 1. The van der Waals surface area contributed by atoms with Crippen LogP contribution in [0.2, 0.25) is 5.02 Å². The van der Waals surface area contributed by atoms with E-state index in [9.17, 15) is 9.90 Å². The number of halogens is 1. The van der Waals surface area contributed by atoms with Crippen molar-refractivity contribution in [3.05, 3.63) is 34.9 Å². The van der Waals surface area contributed by atoms with Gasteiger partial charge in [0.25, 0.3) is 0 Å². The van der Waals surface area contributed by atoms with Crippen molar-refractivity contribution in [2.75, 3.05) is 6.54 Å². The quantitative estimate of drug-likeness (QED) is 0.891. The lowest BCUT2D eigenvalue weighted by Gasteiger charge is -2.33. The van der Waals surface area contributed by atoms with E-state index in [1.54, 1.807) is 0 Å². The van der Waals surface area contributed by atoms with Crippen molar-refractivity contribution in [1.29, 1.82) is 0 Å². The summed E-state index contributed by atoms with van der Waals surface area (Å²) in [6.45, 7) is 0.890. The molecule has 1 aliphatic heterocycles. The Morgan fingerprint density at radius 3 is 2.68 bits per heavy atom. The number of aliphatic carboxylic acids is 1. The summed E-state index contributed by atoms with van der Waals surface area (Å²) in [6, 6.07) is 8.20. The Labute approximate surface area is 137 Å². The first kappa shape index (κ1) is 15.8. The molecule has 1 heterocycles. The lowest BCUT2D eigenvalue weighted by Crippen LogP contribution is -2.42. The average molecular weight is 322 g/mol. The van der Waals surface area contributed by atoms with E-state index >= 15 is 0 Å². The molecule has 3 nitrogen and oxygen atoms in total. The van der Waals surface area contributed by atoms with Crippen LogP contribution in [0.5, 0.6) is 0 Å². The highest BCUT2D eigenvalue weighted by atomic mass is 35.5. The monoisotopic (exact) mass is 321 g/mol. The van der Waals surface area contributed by atoms with E-state index in [-0.39, 0.29) is 6.04 Å². The Morgan fingerprint density at radius 2 is 1.95 bits per heavy atom. The molecule has 2 aliphatic rings. The molecular formula is C18H24ClNO2. The molecular weight excluding hydrogens is 298 g/mol. The molecule has 4 heteroatoms. The number of rotatable bonds is 5. The van der Waals surface area contributed by atoms with E-state index in [0.29, 0.717) is 12.0 Å². The maximum absolute atomic E-state index is 11.6. The van der Waals surface area contributed by atoms with E-state index in [2.05, 4.69) is 17.0 Å². The fourth-order valence-corrected chi connectivity index (χ4v) is 4.36. The average Bonchev–Trinajstić information content (AvgIpc) is 2.89. The third-order valence-electron chi connectivity index (χ3n) is 5.30. The molecule has 1 saturated heterocycles. The van der Waals surface area contributed by atoms with E-state index in [0.717, 1.165) is 30.8 Å². The zero-order valence-corrected chi connectivity index (χ0v) is 13.6. The Hall–Kier alpha value is -1.06. The fourth-order valence-electron chi connectivity index (χ4n) is 4.23. The number of benzene rings is 1. The highest BCUT2D eigenvalue weighted by molar-refractivity contribution is 6.30. The molecule has 1 N–H and O–H groups in total. The van der Waals surface area contributed by atoms with Gasteiger partial charge in [-0.1, -0.05) is 36.6 Å². The highest BCUT2D eigenvalue weighted by Gasteiger charge is 2.44. The minimum Gasteiger partial charge on any atom is -0.480 e. The number of aryl methyl sites for hydroxylation is 1. The molecule has 0 amide bonds. The van der Waals surface area contributed by atoms with Gasteiger partial charge in [0.2, 0.25) is 0 Å². The molecule has 1 aromatic carbocycles. The van der Waals surface area contributed by atoms with Gasteiger partial charge in [-0.2, -0.15) is 0 Å². The number of fused-ring (bicyclic) bond motifs is 1. The number of hydrogen-bond acceptors (Lipinski definition) is 2. The van der Waals surface area contributed by atoms with Gasteiger partial charge in [-0.05, 0) is 62.3 Å². The van der Waals surface area contributed by atoms with E-state index in [4.69, 9.17) is 11.6 Å². The number of carboxylic acids is 1. The molecule has 2 fully saturated rings. The minimum absolute atomic E-state index is 0.265. The number of carboxylic acid groups (broad SMARTS) is 1. The van der Waals surface area contributed by atoms with Crippen molar-refractivity contribution in [2.24, 2.45) is 5.92 Å². The lowest BCUT2D eigenvalue weighted by atomic mass is 9.84. The van der Waals surface area contributed by atoms with Crippen LogP contribution in [0.25, 0.3) is 0 Å². The summed E-state index contributed by atoms with van der Waals surface area (Å²) in [7, 11) is 0. The third-order valence-corrected chi connectivity index (χ3v) is 5.55. The predicted octanol–water partition coefficient (Wildman–Crippen LogP) is 3.99. The first-order valence-electron chi connectivity index (χ1n) is 8.38. The number of likely N-dealkylation sites (tertiary alicyclic amines) is 1. The van der Waals surface area contributed by atoms with Crippen LogP contribution >= 0.6 is 11.6 Å². The SMILES string of the molecule is O=C(O)C1CC2CCCCC2N1CCCc1ccc(Cl)cc1. The highest BCUT2D eigenvalue weighted by Crippen LogP contribution is 2.39. The van der Waals surface area contributed by atoms with Crippen molar-refractivity contribution < 1.29 is 9.90 Å². The van der Waals surface area contributed by atoms with Crippen molar-refractivity contribution in [2.45, 2.75) is 57.0 Å². The van der Waals surface area contributed by atoms with Crippen LogP contribution < -0.4 is 0 Å². The van der Waals surface area contributed by atoms with Crippen LogP contribution in [-0.4, -0.2) is 34.6 Å². The van der Waals surface area contributed by atoms with Gasteiger partial charge in [0, 0.05) is 11.1 Å². The summed E-state index contributed by atoms with van der Waals surface area (Å²) in [5.74, 6) is -0.0359. The van der Waals surface area contributed by atoms with Crippen molar-refractivity contribution in [3.63, 3.8) is 0 Å². The Balaban J connectivity index is 1.59. The largest absolute Gasteiger partial charge is 0.480 e. The molecule has 0 radical (unpaired) electrons. The molecule has 3 unspecified atom stereocenters. The molecule has 0 spiro atoms. The van der Waals surface area contributed by atoms with Crippen LogP contribution in [0, 0.1) is 5.92 Å². The molecule has 3 rings (SSSR count). The summed E-state index contributed by atoms with van der Waals surface area (Å²) >= 11 is 5.91. The summed E-state index contributed by atoms with van der Waals surface area (Å²) in [5.41, 5.74) is 1.27. The molecule has 3 atom stereocenters. The Kier molecular flexibility index (Phi) is 5.04. The van der Waals surface area contributed by atoms with Crippen molar-refractivity contribution in [3.8, 4) is 0 Å². The lowest BCUT2D eigenvalue weighted by molar-refractivity contribution is -0.142. The normalized spacial score (nSPS) is 28.5. The fraction of sp³-hybridized carbons (Fsp3) is 0.611. The van der Waals surface area contributed by atoms with Crippen LogP contribution in [0.4, 0.5) is 0 Å². The maximum Gasteiger partial charge on any atom is 0.320 e. The van der Waals surface area contributed by atoms with Crippen LogP contribution in [0.3, 0.4) is 0 Å². The second kappa shape index (κ2) is 7.01. The van der Waals surface area contributed by atoms with Crippen molar-refractivity contribution in [1.82, 2.24) is 4.90 Å². The summed E-state index contributed by atoms with van der Waals surface area (Å²) < 4.78 is 0. The third kappa shape index (κ3) is 3.47. The van der Waals surface area contributed by atoms with Crippen molar-refractivity contribution >= 4 is 17.6 Å². The van der Waals surface area contributed by atoms with Gasteiger partial charge < -0.3 is 5.11 Å². The maximum atomic E-state index is 11.6. The standard InChI is InChI=1S/C18H24ClNO2/c19-15-9-7-13(8-10-15)4-3-11-20-16-6-2-1-5-14(16)12-17(20)18(21)22/h7-10,14,16-17H,1-6,11-12H2,(H,21,22). The molecule has 1 saturated carbocycles. The van der Waals surface area contributed by atoms with Gasteiger partial charge in [-0.25, -0.2) is 0 Å². The van der Waals surface area contributed by atoms with Gasteiger partial charge in [-0.15, -0.1) is 0 Å².